The summed E-state index contributed by atoms with van der Waals surface area (Å²) in [7, 11) is 1.88. The minimum atomic E-state index is -0.109. The third-order valence-electron chi connectivity index (χ3n) is 2.68. The zero-order valence-electron chi connectivity index (χ0n) is 10.2. The second-order valence-electron chi connectivity index (χ2n) is 4.11. The number of hydrogen-bond acceptors (Lipinski definition) is 3. The van der Waals surface area contributed by atoms with Crippen molar-refractivity contribution < 1.29 is 4.74 Å². The number of aromatic nitrogens is 2. The van der Waals surface area contributed by atoms with E-state index in [0.717, 1.165) is 15.6 Å². The van der Waals surface area contributed by atoms with E-state index in [4.69, 9.17) is 10.5 Å². The average Bonchev–Trinajstić information content (AvgIpc) is 2.79. The molecule has 96 valence electrons. The second kappa shape index (κ2) is 6.13. The summed E-state index contributed by atoms with van der Waals surface area (Å²) < 4.78 is 8.64. The van der Waals surface area contributed by atoms with Crippen LogP contribution in [0.15, 0.2) is 41.1 Å². The summed E-state index contributed by atoms with van der Waals surface area (Å²) in [5.74, 6) is 0. The van der Waals surface area contributed by atoms with E-state index in [2.05, 4.69) is 21.0 Å². The molecule has 1 aromatic heterocycles. The molecule has 1 unspecified atom stereocenters. The Bertz CT molecular complexity index is 495. The van der Waals surface area contributed by atoms with E-state index < -0.39 is 0 Å². The van der Waals surface area contributed by atoms with Crippen LogP contribution in [0.4, 0.5) is 0 Å². The summed E-state index contributed by atoms with van der Waals surface area (Å²) in [6.45, 7) is 0.992. The second-order valence-corrected chi connectivity index (χ2v) is 5.02. The van der Waals surface area contributed by atoms with Crippen LogP contribution in [-0.2, 0) is 18.4 Å². The predicted molar refractivity (Wildman–Crippen MR) is 73.9 cm³/mol. The summed E-state index contributed by atoms with van der Waals surface area (Å²) in [6.07, 6.45) is 3.61. The maximum Gasteiger partial charge on any atom is 0.0981 e. The Hall–Kier alpha value is -1.17. The first-order valence-corrected chi connectivity index (χ1v) is 6.53. The lowest BCUT2D eigenvalue weighted by atomic mass is 10.2. The maximum absolute atomic E-state index is 5.82. The first kappa shape index (κ1) is 13.3. The number of rotatable bonds is 5. The molecule has 2 aromatic rings. The fraction of sp³-hybridized carbons (Fsp3) is 0.308. The monoisotopic (exact) mass is 309 g/mol. The third-order valence-corrected chi connectivity index (χ3v) is 3.20. The molecule has 0 saturated heterocycles. The highest BCUT2D eigenvalue weighted by Gasteiger charge is 2.12. The molecule has 18 heavy (non-hydrogen) atoms. The molecule has 1 heterocycles. The molecule has 1 atom stereocenters. The lowest BCUT2D eigenvalue weighted by Crippen LogP contribution is -2.15. The van der Waals surface area contributed by atoms with Gasteiger partial charge in [0.05, 0.1) is 18.9 Å². The molecule has 0 radical (unpaired) electrons. The van der Waals surface area contributed by atoms with Gasteiger partial charge >= 0.3 is 0 Å². The Labute approximate surface area is 115 Å². The van der Waals surface area contributed by atoms with Crippen LogP contribution in [0.3, 0.4) is 0 Å². The van der Waals surface area contributed by atoms with Crippen molar-refractivity contribution in [3.8, 4) is 0 Å². The van der Waals surface area contributed by atoms with E-state index in [9.17, 15) is 0 Å². The maximum atomic E-state index is 5.82. The van der Waals surface area contributed by atoms with Gasteiger partial charge in [-0.05, 0) is 17.7 Å². The van der Waals surface area contributed by atoms with E-state index in [1.807, 2.05) is 37.5 Å². The number of hydrogen-bond donors (Lipinski definition) is 1. The number of nitrogens with zero attached hydrogens (tertiary/aromatic N) is 2. The molecule has 5 heteroatoms. The van der Waals surface area contributed by atoms with E-state index in [1.54, 1.807) is 10.9 Å². The van der Waals surface area contributed by atoms with Gasteiger partial charge in [-0.15, -0.1) is 0 Å². The summed E-state index contributed by atoms with van der Waals surface area (Å²) >= 11 is 3.41. The fourth-order valence-electron chi connectivity index (χ4n) is 1.68. The van der Waals surface area contributed by atoms with Crippen molar-refractivity contribution >= 4 is 15.9 Å². The van der Waals surface area contributed by atoms with Crippen LogP contribution < -0.4 is 5.73 Å². The van der Waals surface area contributed by atoms with Crippen molar-refractivity contribution in [2.75, 3.05) is 6.54 Å². The summed E-state index contributed by atoms with van der Waals surface area (Å²) in [5.41, 5.74) is 7.87. The molecule has 0 aliphatic heterocycles. The van der Waals surface area contributed by atoms with E-state index in [1.165, 1.54) is 0 Å². The molecular weight excluding hydrogens is 294 g/mol. The topological polar surface area (TPSA) is 53.1 Å². The van der Waals surface area contributed by atoms with Crippen LogP contribution in [0.2, 0.25) is 0 Å². The number of halogens is 1. The van der Waals surface area contributed by atoms with E-state index in [-0.39, 0.29) is 6.10 Å². The lowest BCUT2D eigenvalue weighted by molar-refractivity contribution is 0.0456. The first-order chi connectivity index (χ1) is 8.69. The molecule has 0 saturated carbocycles. The minimum absolute atomic E-state index is 0.109. The number of aryl methyl sites for hydroxylation is 1. The normalized spacial score (nSPS) is 12.6. The molecule has 0 aliphatic carbocycles. The Morgan fingerprint density at radius 1 is 1.39 bits per heavy atom. The summed E-state index contributed by atoms with van der Waals surface area (Å²) in [4.78, 5) is 0. The quantitative estimate of drug-likeness (QED) is 0.922. The van der Waals surface area contributed by atoms with Gasteiger partial charge in [0.25, 0.3) is 0 Å². The van der Waals surface area contributed by atoms with Crippen molar-refractivity contribution in [1.29, 1.82) is 0 Å². The highest BCUT2D eigenvalue weighted by molar-refractivity contribution is 9.10. The van der Waals surface area contributed by atoms with Crippen molar-refractivity contribution in [3.63, 3.8) is 0 Å². The Kier molecular flexibility index (Phi) is 4.52. The summed E-state index contributed by atoms with van der Waals surface area (Å²) in [5, 5.41) is 4.13. The molecule has 0 spiro atoms. The van der Waals surface area contributed by atoms with Crippen LogP contribution in [0.1, 0.15) is 17.2 Å². The molecule has 4 nitrogen and oxygen atoms in total. The SMILES string of the molecule is Cn1cc(C(CN)OCc2ccc(Br)cc2)cn1. The van der Waals surface area contributed by atoms with E-state index >= 15 is 0 Å². The van der Waals surface area contributed by atoms with Crippen molar-refractivity contribution in [2.24, 2.45) is 12.8 Å². The molecule has 0 amide bonds. The molecule has 1 aromatic carbocycles. The van der Waals surface area contributed by atoms with Crippen molar-refractivity contribution in [2.45, 2.75) is 12.7 Å². The van der Waals surface area contributed by atoms with Crippen LogP contribution in [0.5, 0.6) is 0 Å². The molecule has 0 aliphatic rings. The van der Waals surface area contributed by atoms with Crippen molar-refractivity contribution in [3.05, 3.63) is 52.3 Å². The van der Waals surface area contributed by atoms with Crippen LogP contribution in [-0.4, -0.2) is 16.3 Å². The number of nitrogens with two attached hydrogens (primary N) is 1. The Morgan fingerprint density at radius 2 is 2.11 bits per heavy atom. The van der Waals surface area contributed by atoms with E-state index in [0.29, 0.717) is 13.2 Å². The van der Waals surface area contributed by atoms with Gasteiger partial charge in [0.15, 0.2) is 0 Å². The number of benzene rings is 1. The first-order valence-electron chi connectivity index (χ1n) is 5.73. The van der Waals surface area contributed by atoms with Crippen LogP contribution in [0.25, 0.3) is 0 Å². The molecule has 0 bridgehead atoms. The van der Waals surface area contributed by atoms with Gasteiger partial charge in [-0.1, -0.05) is 28.1 Å². The lowest BCUT2D eigenvalue weighted by Gasteiger charge is -2.14. The zero-order chi connectivity index (χ0) is 13.0. The highest BCUT2D eigenvalue weighted by Crippen LogP contribution is 2.18. The molecular formula is C13H16BrN3O. The van der Waals surface area contributed by atoms with Crippen LogP contribution in [0, 0.1) is 0 Å². The molecule has 2 N–H and O–H groups in total. The zero-order valence-corrected chi connectivity index (χ0v) is 11.8. The van der Waals surface area contributed by atoms with Gasteiger partial charge in [-0.3, -0.25) is 4.68 Å². The van der Waals surface area contributed by atoms with Gasteiger partial charge in [0.1, 0.15) is 0 Å². The van der Waals surface area contributed by atoms with Gasteiger partial charge in [0, 0.05) is 29.8 Å². The van der Waals surface area contributed by atoms with Gasteiger partial charge in [-0.2, -0.15) is 5.10 Å². The minimum Gasteiger partial charge on any atom is -0.367 e. The largest absolute Gasteiger partial charge is 0.367 e. The Balaban J connectivity index is 1.97. The molecule has 2 rings (SSSR count). The fourth-order valence-corrected chi connectivity index (χ4v) is 1.95. The average molecular weight is 310 g/mol. The van der Waals surface area contributed by atoms with Crippen LogP contribution >= 0.6 is 15.9 Å². The smallest absolute Gasteiger partial charge is 0.0981 e. The van der Waals surface area contributed by atoms with Gasteiger partial charge in [-0.25, -0.2) is 0 Å². The molecule has 0 fully saturated rings. The van der Waals surface area contributed by atoms with Gasteiger partial charge in [0.2, 0.25) is 0 Å². The summed E-state index contributed by atoms with van der Waals surface area (Å²) in [6, 6.07) is 8.06. The predicted octanol–water partition coefficient (Wildman–Crippen LogP) is 2.40. The van der Waals surface area contributed by atoms with Crippen molar-refractivity contribution in [1.82, 2.24) is 9.78 Å². The Morgan fingerprint density at radius 3 is 2.67 bits per heavy atom. The third kappa shape index (κ3) is 3.41. The van der Waals surface area contributed by atoms with Gasteiger partial charge < -0.3 is 10.5 Å². The number of ether oxygens (including phenoxy) is 1. The highest BCUT2D eigenvalue weighted by atomic mass is 79.9. The standard InChI is InChI=1S/C13H16BrN3O/c1-17-8-11(7-16-17)13(6-15)18-9-10-2-4-12(14)5-3-10/h2-5,7-8,13H,6,9,15H2,1H3.